The summed E-state index contributed by atoms with van der Waals surface area (Å²) in [6.07, 6.45) is 5.63. The average molecular weight is 870 g/mol. The van der Waals surface area contributed by atoms with E-state index in [2.05, 4.69) is 23.4 Å². The Kier molecular flexibility index (Phi) is 10.7. The van der Waals surface area contributed by atoms with Crippen LogP contribution < -0.4 is 24.9 Å². The number of aromatic nitrogens is 4. The lowest BCUT2D eigenvalue weighted by Gasteiger charge is -2.22. The van der Waals surface area contributed by atoms with Gasteiger partial charge in [0.1, 0.15) is 36.4 Å². The Morgan fingerprint density at radius 3 is 1.38 bits per heavy atom. The number of allylic oxidation sites excluding steroid dienone is 2. The molecule has 0 unspecified atom stereocenters. The highest BCUT2D eigenvalue weighted by Gasteiger charge is 2.26. The Bertz CT molecular complexity index is 3150. The van der Waals surface area contributed by atoms with Gasteiger partial charge in [0, 0.05) is 13.1 Å². The molecule has 2 aliphatic heterocycles. The van der Waals surface area contributed by atoms with Crippen LogP contribution in [0, 0.1) is 0 Å². The van der Waals surface area contributed by atoms with E-state index in [-0.39, 0.29) is 35.7 Å². The number of ether oxygens (including phenoxy) is 2. The van der Waals surface area contributed by atoms with Gasteiger partial charge in [0.15, 0.2) is 0 Å². The maximum absolute atomic E-state index is 13.0. The van der Waals surface area contributed by atoms with Crippen LogP contribution in [0.1, 0.15) is 46.7 Å². The second-order valence-corrected chi connectivity index (χ2v) is 16.9. The molecule has 4 heterocycles. The van der Waals surface area contributed by atoms with Crippen molar-refractivity contribution in [2.24, 2.45) is 0 Å². The number of fused-ring (bicyclic) bond motifs is 6. The lowest BCUT2D eigenvalue weighted by atomic mass is 10.1. The summed E-state index contributed by atoms with van der Waals surface area (Å²) in [4.78, 5) is 34.1. The van der Waals surface area contributed by atoms with Crippen LogP contribution in [0.25, 0.3) is 45.1 Å². The molecule has 0 bridgehead atoms. The first-order valence-electron chi connectivity index (χ1n) is 20.6. The van der Waals surface area contributed by atoms with E-state index in [1.54, 1.807) is 60.7 Å². The molecule has 0 spiro atoms. The molecule has 10 rings (SSSR count). The van der Waals surface area contributed by atoms with Crippen LogP contribution in [-0.4, -0.2) is 32.8 Å². The van der Waals surface area contributed by atoms with Gasteiger partial charge >= 0.3 is 10.3 Å². The van der Waals surface area contributed by atoms with E-state index in [0.717, 1.165) is 74.7 Å². The van der Waals surface area contributed by atoms with Crippen molar-refractivity contribution in [1.82, 2.24) is 19.1 Å². The van der Waals surface area contributed by atoms with Gasteiger partial charge < -0.3 is 18.6 Å². The molecule has 2 aliphatic rings. The van der Waals surface area contributed by atoms with Crippen LogP contribution in [0.2, 0.25) is 0 Å². The number of rotatable bonds is 12. The third kappa shape index (κ3) is 7.97. The fourth-order valence-corrected chi connectivity index (χ4v) is 9.12. The van der Waals surface area contributed by atoms with Crippen LogP contribution in [0.5, 0.6) is 11.5 Å². The molecule has 0 saturated carbocycles. The molecule has 0 amide bonds. The molecule has 8 aromatic rings. The molecule has 0 radical (unpaired) electrons. The van der Waals surface area contributed by atoms with Crippen LogP contribution in [-0.2, 0) is 40.9 Å². The van der Waals surface area contributed by atoms with Crippen molar-refractivity contribution >= 4 is 66.8 Å². The second kappa shape index (κ2) is 16.9. The summed E-state index contributed by atoms with van der Waals surface area (Å²) in [6, 6.07) is 43.7. The maximum atomic E-state index is 13.0. The van der Waals surface area contributed by atoms with Crippen molar-refractivity contribution in [2.75, 3.05) is 4.31 Å². The average Bonchev–Trinajstić information content (AvgIpc) is 3.92. The van der Waals surface area contributed by atoms with E-state index in [1.807, 2.05) is 97.1 Å². The fourth-order valence-electron chi connectivity index (χ4n) is 8.30. The zero-order chi connectivity index (χ0) is 43.8. The molecule has 6 aromatic carbocycles. The Hall–Kier alpha value is -7.65. The Morgan fingerprint density at radius 1 is 0.562 bits per heavy atom. The third-order valence-corrected chi connectivity index (χ3v) is 12.5. The van der Waals surface area contributed by atoms with E-state index in [1.165, 1.54) is 0 Å². The summed E-state index contributed by atoms with van der Waals surface area (Å²) >= 11 is 0. The minimum absolute atomic E-state index is 0.221. The zero-order valence-electron chi connectivity index (χ0n) is 34.2. The van der Waals surface area contributed by atoms with Gasteiger partial charge in [0.05, 0.1) is 33.2 Å². The number of hydrogen-bond acceptors (Lipinski definition) is 10. The molecule has 0 saturated heterocycles. The molecule has 14 heteroatoms. The summed E-state index contributed by atoms with van der Waals surface area (Å²) in [5.41, 5.74) is 7.27. The van der Waals surface area contributed by atoms with Gasteiger partial charge in [-0.25, -0.2) is 9.56 Å². The van der Waals surface area contributed by atoms with Gasteiger partial charge in [0.25, 0.3) is 11.1 Å². The highest BCUT2D eigenvalue weighted by molar-refractivity contribution is 7.88. The van der Waals surface area contributed by atoms with Crippen molar-refractivity contribution in [3.63, 3.8) is 0 Å². The number of anilines is 2. The largest absolute Gasteiger partial charge is 0.489 e. The minimum Gasteiger partial charge on any atom is -0.489 e. The van der Waals surface area contributed by atoms with Crippen molar-refractivity contribution < 1.29 is 27.5 Å². The van der Waals surface area contributed by atoms with Crippen LogP contribution in [0.3, 0.4) is 0 Å². The van der Waals surface area contributed by atoms with E-state index in [0.29, 0.717) is 33.9 Å². The minimum atomic E-state index is -4.61. The Labute approximate surface area is 367 Å². The maximum Gasteiger partial charge on any atom is 0.393 e. The molecule has 1 N–H and O–H groups in total. The van der Waals surface area contributed by atoms with E-state index in [4.69, 9.17) is 9.47 Å². The predicted molar refractivity (Wildman–Crippen MR) is 246 cm³/mol. The van der Waals surface area contributed by atoms with Gasteiger partial charge in [-0.1, -0.05) is 77.1 Å². The highest BCUT2D eigenvalue weighted by Crippen LogP contribution is 2.33. The van der Waals surface area contributed by atoms with Gasteiger partial charge in [-0.3, -0.25) is 9.59 Å². The molecule has 318 valence electrons. The van der Waals surface area contributed by atoms with Gasteiger partial charge in [-0.05, 0) is 131 Å². The Balaban J connectivity index is 0.762. The molecule has 2 aromatic heterocycles. The van der Waals surface area contributed by atoms with Crippen molar-refractivity contribution in [2.45, 2.75) is 39.1 Å². The molecule has 0 fully saturated rings. The lowest BCUT2D eigenvalue weighted by molar-refractivity contribution is -0.130. The molecular formula is C50H39N5O8S. The molecule has 0 aliphatic carbocycles. The van der Waals surface area contributed by atoms with E-state index >= 15 is 0 Å². The first-order chi connectivity index (χ1) is 31.2. The van der Waals surface area contributed by atoms with Crippen molar-refractivity contribution in [1.29, 1.82) is 0 Å². The SMILES string of the molecule is O=c1nc2n(c3ccccc13)CCC2=Cc1ccc(OCc2ccc(N(c3ccc(COc4ccc(/C=C5/CCn6c5nc(=O)c5ccccc56)cc4)cc3)S(=O)(=O)OO)cc2)cc1. The third-order valence-electron chi connectivity index (χ3n) is 11.5. The first kappa shape index (κ1) is 40.4. The van der Waals surface area contributed by atoms with Crippen LogP contribution in [0.4, 0.5) is 11.4 Å². The van der Waals surface area contributed by atoms with E-state index < -0.39 is 10.3 Å². The van der Waals surface area contributed by atoms with Crippen molar-refractivity contribution in [3.8, 4) is 11.5 Å². The predicted octanol–water partition coefficient (Wildman–Crippen LogP) is 9.03. The summed E-state index contributed by atoms with van der Waals surface area (Å²) in [5.74, 6) is 2.68. The smallest absolute Gasteiger partial charge is 0.393 e. The van der Waals surface area contributed by atoms with E-state index in [9.17, 15) is 23.3 Å². The van der Waals surface area contributed by atoms with Crippen molar-refractivity contribution in [3.05, 3.63) is 200 Å². The van der Waals surface area contributed by atoms with Crippen LogP contribution >= 0.6 is 0 Å². The number of hydrogen-bond donors (Lipinski definition) is 1. The summed E-state index contributed by atoms with van der Waals surface area (Å²) in [6.45, 7) is 1.95. The molecule has 64 heavy (non-hydrogen) atoms. The number of nitrogens with zero attached hydrogens (tertiary/aromatic N) is 5. The highest BCUT2D eigenvalue weighted by atomic mass is 32.2. The fraction of sp³-hybridized carbons (Fsp3) is 0.120. The monoisotopic (exact) mass is 869 g/mol. The zero-order valence-corrected chi connectivity index (χ0v) is 35.0. The summed E-state index contributed by atoms with van der Waals surface area (Å²) in [7, 11) is -4.61. The normalized spacial score (nSPS) is 14.6. The molecular weight excluding hydrogens is 831 g/mol. The standard InChI is InChI=1S/C50H39N5O8S/c56-49-43-5-1-3-7-45(43)53-27-25-37(47(53)51-49)29-33-13-21-41(22-14-33)61-31-35-9-17-39(18-10-35)55(64(59,60)63-58)40-19-11-36(12-20-40)32-62-42-23-15-34(16-24-42)30-38-26-28-54-46-8-4-2-6-44(46)50(57)52-48(38)54/h1-24,29-30,58H,25-28,31-32H2/b37-29-,38-30?. The topological polar surface area (TPSA) is 155 Å². The first-order valence-corrected chi connectivity index (χ1v) is 22.0. The van der Waals surface area contributed by atoms with Gasteiger partial charge in [-0.15, -0.1) is 0 Å². The Morgan fingerprint density at radius 2 is 0.969 bits per heavy atom. The summed E-state index contributed by atoms with van der Waals surface area (Å²) in [5, 5.41) is 10.6. The number of aryl methyl sites for hydroxylation is 2. The summed E-state index contributed by atoms with van der Waals surface area (Å²) < 4.78 is 47.1. The number of benzene rings is 6. The second-order valence-electron chi connectivity index (χ2n) is 15.5. The lowest BCUT2D eigenvalue weighted by Crippen LogP contribution is -2.27. The quantitative estimate of drug-likeness (QED) is 0.0929. The molecule has 13 nitrogen and oxygen atoms in total. The number of para-hydroxylation sites is 2. The van der Waals surface area contributed by atoms with Gasteiger partial charge in [-0.2, -0.15) is 18.4 Å². The van der Waals surface area contributed by atoms with Gasteiger partial charge in [0.2, 0.25) is 0 Å². The molecule has 0 atom stereocenters. The van der Waals surface area contributed by atoms with Crippen LogP contribution in [0.15, 0.2) is 155 Å².